The molecular weight excluding hydrogens is 432 g/mol. The Kier molecular flexibility index (Phi) is 5.63. The second kappa shape index (κ2) is 8.63. The molecule has 7 nitrogen and oxygen atoms in total. The van der Waals surface area contributed by atoms with Crippen molar-refractivity contribution < 1.29 is 24.2 Å². The summed E-state index contributed by atoms with van der Waals surface area (Å²) < 4.78 is 5.66. The van der Waals surface area contributed by atoms with E-state index in [1.807, 2.05) is 24.3 Å². The third-order valence-electron chi connectivity index (χ3n) is 7.29. The second-order valence-corrected chi connectivity index (χ2v) is 9.57. The first kappa shape index (κ1) is 22.2. The lowest BCUT2D eigenvalue weighted by Crippen LogP contribution is -2.59. The van der Waals surface area contributed by atoms with Crippen LogP contribution in [0.4, 0.5) is 4.79 Å². The highest BCUT2D eigenvalue weighted by Crippen LogP contribution is 2.44. The number of amides is 2. The Morgan fingerprint density at radius 1 is 1.00 bits per heavy atom. The van der Waals surface area contributed by atoms with Gasteiger partial charge in [0, 0.05) is 12.0 Å². The second-order valence-electron chi connectivity index (χ2n) is 9.57. The lowest BCUT2D eigenvalue weighted by Gasteiger charge is -2.30. The number of alkyl carbamates (subject to hydrolysis) is 1. The average Bonchev–Trinajstić information content (AvgIpc) is 3.51. The number of benzene rings is 2. The number of fused-ring (bicyclic) bond motifs is 3. The summed E-state index contributed by atoms with van der Waals surface area (Å²) in [4.78, 5) is 37.2. The molecule has 2 aromatic rings. The van der Waals surface area contributed by atoms with Gasteiger partial charge < -0.3 is 20.5 Å². The average molecular weight is 461 g/mol. The number of ether oxygens (including phenoxy) is 1. The van der Waals surface area contributed by atoms with E-state index >= 15 is 0 Å². The molecule has 1 fully saturated rings. The molecule has 3 atom stereocenters. The highest BCUT2D eigenvalue weighted by molar-refractivity contribution is 5.91. The van der Waals surface area contributed by atoms with Crippen LogP contribution in [0.2, 0.25) is 0 Å². The normalized spacial score (nSPS) is 22.4. The lowest BCUT2D eigenvalue weighted by molar-refractivity contribution is -0.140. The maximum atomic E-state index is 13.1. The van der Waals surface area contributed by atoms with Crippen LogP contribution in [0.1, 0.15) is 43.2 Å². The molecule has 34 heavy (non-hydrogen) atoms. The highest BCUT2D eigenvalue weighted by atomic mass is 16.5. The zero-order valence-electron chi connectivity index (χ0n) is 19.0. The minimum atomic E-state index is -1.11. The molecule has 2 aromatic carbocycles. The first-order valence-corrected chi connectivity index (χ1v) is 11.7. The topological polar surface area (TPSA) is 105 Å². The molecule has 0 aliphatic heterocycles. The number of carbonyl (C=O) groups is 3. The Morgan fingerprint density at radius 2 is 1.62 bits per heavy atom. The molecule has 0 spiro atoms. The van der Waals surface area contributed by atoms with E-state index in [1.165, 1.54) is 0 Å². The van der Waals surface area contributed by atoms with Gasteiger partial charge in [0.15, 0.2) is 0 Å². The zero-order valence-corrected chi connectivity index (χ0v) is 19.0. The monoisotopic (exact) mass is 460 g/mol. The first-order valence-electron chi connectivity index (χ1n) is 11.7. The van der Waals surface area contributed by atoms with Crippen LogP contribution in [-0.2, 0) is 14.3 Å². The predicted molar refractivity (Wildman–Crippen MR) is 126 cm³/mol. The van der Waals surface area contributed by atoms with Crippen molar-refractivity contribution in [3.63, 3.8) is 0 Å². The summed E-state index contributed by atoms with van der Waals surface area (Å²) in [6, 6.07) is 15.9. The van der Waals surface area contributed by atoms with Crippen LogP contribution in [0.3, 0.4) is 0 Å². The molecule has 7 heteroatoms. The summed E-state index contributed by atoms with van der Waals surface area (Å²) in [6.07, 6.45) is 4.67. The number of rotatable bonds is 7. The van der Waals surface area contributed by atoms with E-state index in [0.29, 0.717) is 6.42 Å². The first-order chi connectivity index (χ1) is 16.4. The van der Waals surface area contributed by atoms with Crippen molar-refractivity contribution in [3.8, 4) is 11.1 Å². The third-order valence-corrected chi connectivity index (χ3v) is 7.29. The van der Waals surface area contributed by atoms with Gasteiger partial charge in [-0.1, -0.05) is 60.7 Å². The van der Waals surface area contributed by atoms with Crippen LogP contribution in [0.5, 0.6) is 0 Å². The van der Waals surface area contributed by atoms with E-state index in [0.717, 1.165) is 35.1 Å². The van der Waals surface area contributed by atoms with E-state index in [1.54, 1.807) is 19.1 Å². The fourth-order valence-corrected chi connectivity index (χ4v) is 5.16. The number of carboxylic acids is 1. The Balaban J connectivity index is 1.24. The summed E-state index contributed by atoms with van der Waals surface area (Å²) in [5, 5.41) is 14.9. The SMILES string of the molecule is CC(NC(=O)OCC1c2ccccc2-c2ccccc21)(C(=O)NC1C=CC(C(=O)O)C1)C1CC1. The zero-order chi connectivity index (χ0) is 23.9. The summed E-state index contributed by atoms with van der Waals surface area (Å²) in [6.45, 7) is 1.89. The largest absolute Gasteiger partial charge is 0.481 e. The summed E-state index contributed by atoms with van der Waals surface area (Å²) >= 11 is 0. The molecule has 3 aliphatic carbocycles. The molecule has 0 saturated heterocycles. The van der Waals surface area contributed by atoms with Crippen molar-refractivity contribution in [2.24, 2.45) is 11.8 Å². The van der Waals surface area contributed by atoms with Crippen molar-refractivity contribution in [2.75, 3.05) is 6.61 Å². The molecule has 0 aromatic heterocycles. The lowest BCUT2D eigenvalue weighted by atomic mass is 9.94. The number of nitrogens with one attached hydrogen (secondary N) is 2. The molecule has 176 valence electrons. The highest BCUT2D eigenvalue weighted by Gasteiger charge is 2.49. The van der Waals surface area contributed by atoms with Gasteiger partial charge >= 0.3 is 12.1 Å². The summed E-state index contributed by atoms with van der Waals surface area (Å²) in [7, 11) is 0. The van der Waals surface area contributed by atoms with Crippen LogP contribution in [0, 0.1) is 11.8 Å². The number of hydrogen-bond donors (Lipinski definition) is 3. The quantitative estimate of drug-likeness (QED) is 0.545. The molecule has 3 aliphatic rings. The van der Waals surface area contributed by atoms with E-state index in [2.05, 4.69) is 34.9 Å². The van der Waals surface area contributed by atoms with Crippen LogP contribution in [-0.4, -0.2) is 41.3 Å². The van der Waals surface area contributed by atoms with Gasteiger partial charge in [0.1, 0.15) is 12.1 Å². The molecule has 3 unspecified atom stereocenters. The van der Waals surface area contributed by atoms with Gasteiger partial charge in [0.05, 0.1) is 5.92 Å². The third kappa shape index (κ3) is 4.06. The Morgan fingerprint density at radius 3 is 2.18 bits per heavy atom. The maximum Gasteiger partial charge on any atom is 0.408 e. The predicted octanol–water partition coefficient (Wildman–Crippen LogP) is 3.84. The van der Waals surface area contributed by atoms with Gasteiger partial charge in [0.2, 0.25) is 5.91 Å². The molecule has 2 amide bonds. The minimum Gasteiger partial charge on any atom is -0.481 e. The number of hydrogen-bond acceptors (Lipinski definition) is 4. The van der Waals surface area contributed by atoms with Gasteiger partial charge in [-0.2, -0.15) is 0 Å². The van der Waals surface area contributed by atoms with Crippen LogP contribution < -0.4 is 10.6 Å². The minimum absolute atomic E-state index is 0.0219. The van der Waals surface area contributed by atoms with Gasteiger partial charge in [0.25, 0.3) is 0 Å². The Bertz CT molecular complexity index is 1130. The fourth-order valence-electron chi connectivity index (χ4n) is 5.16. The van der Waals surface area contributed by atoms with Crippen LogP contribution >= 0.6 is 0 Å². The number of aliphatic carboxylic acids is 1. The van der Waals surface area contributed by atoms with Crippen LogP contribution in [0.15, 0.2) is 60.7 Å². The molecule has 3 N–H and O–H groups in total. The van der Waals surface area contributed by atoms with Gasteiger partial charge in [-0.05, 0) is 54.4 Å². The Hall–Kier alpha value is -3.61. The van der Waals surface area contributed by atoms with Crippen molar-refractivity contribution >= 4 is 18.0 Å². The van der Waals surface area contributed by atoms with Crippen molar-refractivity contribution in [1.29, 1.82) is 0 Å². The standard InChI is InChI=1S/C27H28N2O5/c1-27(17-11-12-17,25(32)28-18-13-10-16(14-18)24(30)31)29-26(33)34-15-23-21-8-4-2-6-19(21)20-7-3-5-9-22(20)23/h2-10,13,16-18,23H,11-12,14-15H2,1H3,(H,28,32)(H,29,33)(H,30,31). The van der Waals surface area contributed by atoms with E-state index in [4.69, 9.17) is 4.74 Å². The molecule has 1 saturated carbocycles. The number of carboxylic acid groups (broad SMARTS) is 1. The molecule has 0 heterocycles. The molecule has 5 rings (SSSR count). The summed E-state index contributed by atoms with van der Waals surface area (Å²) in [5.41, 5.74) is 3.44. The molecule has 0 radical (unpaired) electrons. The fraction of sp³-hybridized carbons (Fsp3) is 0.370. The van der Waals surface area contributed by atoms with Gasteiger partial charge in [-0.3, -0.25) is 9.59 Å². The smallest absolute Gasteiger partial charge is 0.408 e. The van der Waals surface area contributed by atoms with Crippen molar-refractivity contribution in [2.45, 2.75) is 43.7 Å². The molecule has 0 bridgehead atoms. The number of carbonyl (C=O) groups excluding carboxylic acids is 2. The van der Waals surface area contributed by atoms with Crippen LogP contribution in [0.25, 0.3) is 11.1 Å². The van der Waals surface area contributed by atoms with Crippen molar-refractivity contribution in [3.05, 3.63) is 71.8 Å². The van der Waals surface area contributed by atoms with E-state index < -0.39 is 23.5 Å². The maximum absolute atomic E-state index is 13.1. The Labute approximate surface area is 198 Å². The van der Waals surface area contributed by atoms with E-state index in [9.17, 15) is 19.5 Å². The van der Waals surface area contributed by atoms with E-state index in [-0.39, 0.29) is 30.4 Å². The summed E-state index contributed by atoms with van der Waals surface area (Å²) in [5.74, 6) is -1.86. The van der Waals surface area contributed by atoms with Gasteiger partial charge in [-0.25, -0.2) is 4.79 Å². The van der Waals surface area contributed by atoms with Crippen molar-refractivity contribution in [1.82, 2.24) is 10.6 Å². The van der Waals surface area contributed by atoms with Gasteiger partial charge in [-0.15, -0.1) is 0 Å². The molecular formula is C27H28N2O5.